The van der Waals surface area contributed by atoms with E-state index in [2.05, 4.69) is 5.10 Å². The van der Waals surface area contributed by atoms with Crippen LogP contribution in [-0.4, -0.2) is 63.2 Å². The van der Waals surface area contributed by atoms with Gasteiger partial charge < -0.3 is 9.80 Å². The average molecular weight is 344 g/mol. The number of hydrogen-bond acceptors (Lipinski definition) is 4. The summed E-state index contributed by atoms with van der Waals surface area (Å²) in [6, 6.07) is 7.46. The Bertz CT molecular complexity index is 771. The van der Waals surface area contributed by atoms with Crippen molar-refractivity contribution in [2.45, 2.75) is 13.0 Å². The number of nitrogens with zero attached hydrogens (tertiary/aromatic N) is 4. The van der Waals surface area contributed by atoms with Gasteiger partial charge in [-0.2, -0.15) is 5.10 Å². The number of carbonyl (C=O) groups excluding carboxylic acids is 2. The molecule has 0 spiro atoms. The fraction of sp³-hybridized carbons (Fsp3) is 0.353. The smallest absolute Gasteiger partial charge is 0.258 e. The van der Waals surface area contributed by atoms with E-state index >= 15 is 0 Å². The first-order chi connectivity index (χ1) is 11.5. The molecule has 0 saturated carbocycles. The molecule has 1 aliphatic rings. The fourth-order valence-electron chi connectivity index (χ4n) is 2.70. The molecule has 6 nitrogen and oxygen atoms in total. The molecule has 0 N–H and O–H groups in total. The number of amides is 2. The standard InChI is InChI=1S/C17H20N4O2S/c1-12-6-4-5-7-14(12)21-9-13(8-18-21)16(22)20-11-24-10-15(20)17(23)19(2)3/h4-9,15H,10-11H2,1-3H3/t15-/m0/s1. The second kappa shape index (κ2) is 6.68. The molecule has 0 bridgehead atoms. The molecule has 0 unspecified atom stereocenters. The van der Waals surface area contributed by atoms with Crippen molar-refractivity contribution in [3.63, 3.8) is 0 Å². The fourth-order valence-corrected chi connectivity index (χ4v) is 3.84. The minimum absolute atomic E-state index is 0.0420. The topological polar surface area (TPSA) is 58.4 Å². The molecule has 1 aromatic carbocycles. The predicted octanol–water partition coefficient (Wildman–Crippen LogP) is 1.78. The van der Waals surface area contributed by atoms with Gasteiger partial charge in [-0.1, -0.05) is 18.2 Å². The number of likely N-dealkylation sites (N-methyl/N-ethyl adjacent to an activating group) is 1. The van der Waals surface area contributed by atoms with E-state index in [9.17, 15) is 9.59 Å². The van der Waals surface area contributed by atoms with Crippen molar-refractivity contribution in [2.24, 2.45) is 0 Å². The lowest BCUT2D eigenvalue weighted by molar-refractivity contribution is -0.132. The highest BCUT2D eigenvalue weighted by Gasteiger charge is 2.36. The first-order valence-corrected chi connectivity index (χ1v) is 8.85. The number of carbonyl (C=O) groups is 2. The molecule has 1 saturated heterocycles. The highest BCUT2D eigenvalue weighted by Crippen LogP contribution is 2.24. The van der Waals surface area contributed by atoms with Crippen molar-refractivity contribution < 1.29 is 9.59 Å². The largest absolute Gasteiger partial charge is 0.347 e. The minimum Gasteiger partial charge on any atom is -0.347 e. The van der Waals surface area contributed by atoms with E-state index in [-0.39, 0.29) is 11.8 Å². The zero-order valence-corrected chi connectivity index (χ0v) is 14.8. The van der Waals surface area contributed by atoms with Gasteiger partial charge in [-0.05, 0) is 18.6 Å². The van der Waals surface area contributed by atoms with Gasteiger partial charge in [0.05, 0.1) is 23.3 Å². The van der Waals surface area contributed by atoms with Crippen molar-refractivity contribution >= 4 is 23.6 Å². The summed E-state index contributed by atoms with van der Waals surface area (Å²) in [7, 11) is 3.42. The van der Waals surface area contributed by atoms with Gasteiger partial charge in [0.1, 0.15) is 6.04 Å². The molecule has 2 aromatic rings. The molecule has 1 aromatic heterocycles. The van der Waals surface area contributed by atoms with Crippen molar-refractivity contribution in [1.29, 1.82) is 0 Å². The Labute approximate surface area is 145 Å². The van der Waals surface area contributed by atoms with Crippen LogP contribution in [0.5, 0.6) is 0 Å². The van der Waals surface area contributed by atoms with Crippen molar-refractivity contribution in [3.8, 4) is 5.69 Å². The summed E-state index contributed by atoms with van der Waals surface area (Å²) < 4.78 is 1.70. The molecular weight excluding hydrogens is 324 g/mol. The number of aryl methyl sites for hydroxylation is 1. The Balaban J connectivity index is 1.84. The van der Waals surface area contributed by atoms with Crippen LogP contribution in [-0.2, 0) is 4.79 Å². The van der Waals surface area contributed by atoms with Crippen LogP contribution < -0.4 is 0 Å². The molecular formula is C17H20N4O2S. The zero-order valence-electron chi connectivity index (χ0n) is 14.0. The predicted molar refractivity (Wildman–Crippen MR) is 94.3 cm³/mol. The van der Waals surface area contributed by atoms with E-state index in [1.807, 2.05) is 31.2 Å². The molecule has 1 aliphatic heterocycles. The normalized spacial score (nSPS) is 17.1. The van der Waals surface area contributed by atoms with E-state index in [0.29, 0.717) is 17.2 Å². The van der Waals surface area contributed by atoms with Crippen LogP contribution in [0, 0.1) is 6.92 Å². The highest BCUT2D eigenvalue weighted by atomic mass is 32.2. The van der Waals surface area contributed by atoms with E-state index < -0.39 is 6.04 Å². The number of benzene rings is 1. The van der Waals surface area contributed by atoms with Crippen molar-refractivity contribution in [3.05, 3.63) is 47.8 Å². The molecule has 1 fully saturated rings. The van der Waals surface area contributed by atoms with Gasteiger partial charge in [0, 0.05) is 26.0 Å². The first kappa shape index (κ1) is 16.6. The van der Waals surface area contributed by atoms with Crippen LogP contribution in [0.25, 0.3) is 5.69 Å². The minimum atomic E-state index is -0.403. The highest BCUT2D eigenvalue weighted by molar-refractivity contribution is 7.99. The van der Waals surface area contributed by atoms with Crippen LogP contribution in [0.15, 0.2) is 36.7 Å². The van der Waals surface area contributed by atoms with E-state index in [4.69, 9.17) is 0 Å². The van der Waals surface area contributed by atoms with Gasteiger partial charge in [0.25, 0.3) is 5.91 Å². The molecule has 0 aliphatic carbocycles. The maximum Gasteiger partial charge on any atom is 0.258 e. The average Bonchev–Trinajstić information content (AvgIpc) is 3.23. The van der Waals surface area contributed by atoms with Gasteiger partial charge >= 0.3 is 0 Å². The third kappa shape index (κ3) is 3.03. The second-order valence-electron chi connectivity index (χ2n) is 5.98. The summed E-state index contributed by atoms with van der Waals surface area (Å²) in [5.41, 5.74) is 2.52. The molecule has 2 heterocycles. The van der Waals surface area contributed by atoms with Crippen LogP contribution in [0.1, 0.15) is 15.9 Å². The Morgan fingerprint density at radius 3 is 2.75 bits per heavy atom. The van der Waals surface area contributed by atoms with Crippen molar-refractivity contribution in [1.82, 2.24) is 19.6 Å². The summed E-state index contributed by atoms with van der Waals surface area (Å²) in [5.74, 6) is 0.965. The van der Waals surface area contributed by atoms with Crippen LogP contribution in [0.3, 0.4) is 0 Å². The molecule has 2 amide bonds. The van der Waals surface area contributed by atoms with E-state index in [0.717, 1.165) is 11.3 Å². The zero-order chi connectivity index (χ0) is 17.3. The van der Waals surface area contributed by atoms with Crippen LogP contribution in [0.4, 0.5) is 0 Å². The van der Waals surface area contributed by atoms with Crippen LogP contribution in [0.2, 0.25) is 0 Å². The van der Waals surface area contributed by atoms with Gasteiger partial charge in [-0.15, -0.1) is 11.8 Å². The lowest BCUT2D eigenvalue weighted by atomic mass is 10.2. The number of aromatic nitrogens is 2. The molecule has 126 valence electrons. The summed E-state index contributed by atoms with van der Waals surface area (Å²) in [6.45, 7) is 2.00. The number of hydrogen-bond donors (Lipinski definition) is 0. The van der Waals surface area contributed by atoms with Gasteiger partial charge in [0.2, 0.25) is 5.91 Å². The summed E-state index contributed by atoms with van der Waals surface area (Å²) in [4.78, 5) is 28.2. The maximum atomic E-state index is 12.8. The number of thioether (sulfide) groups is 1. The Morgan fingerprint density at radius 2 is 2.04 bits per heavy atom. The summed E-state index contributed by atoms with van der Waals surface area (Å²) in [5, 5.41) is 4.31. The van der Waals surface area contributed by atoms with Gasteiger partial charge in [-0.3, -0.25) is 9.59 Å². The maximum absolute atomic E-state index is 12.8. The van der Waals surface area contributed by atoms with Gasteiger partial charge in [0.15, 0.2) is 0 Å². The van der Waals surface area contributed by atoms with Gasteiger partial charge in [-0.25, -0.2) is 4.68 Å². The summed E-state index contributed by atoms with van der Waals surface area (Å²) >= 11 is 1.60. The Hall–Kier alpha value is -2.28. The van der Waals surface area contributed by atoms with E-state index in [1.165, 1.54) is 4.90 Å². The Morgan fingerprint density at radius 1 is 1.29 bits per heavy atom. The summed E-state index contributed by atoms with van der Waals surface area (Å²) in [6.07, 6.45) is 3.29. The van der Waals surface area contributed by atoms with Crippen LogP contribution >= 0.6 is 11.8 Å². The third-order valence-corrected chi connectivity index (χ3v) is 5.07. The molecule has 7 heteroatoms. The van der Waals surface area contributed by atoms with Crippen molar-refractivity contribution in [2.75, 3.05) is 25.7 Å². The number of para-hydroxylation sites is 1. The molecule has 24 heavy (non-hydrogen) atoms. The molecule has 0 radical (unpaired) electrons. The lowest BCUT2D eigenvalue weighted by Gasteiger charge is -2.24. The van der Waals surface area contributed by atoms with E-state index in [1.54, 1.807) is 47.8 Å². The molecule has 3 rings (SSSR count). The Kier molecular flexibility index (Phi) is 4.62. The SMILES string of the molecule is Cc1ccccc1-n1cc(C(=O)N2CSC[C@H]2C(=O)N(C)C)cn1. The third-order valence-electron chi connectivity index (χ3n) is 4.06. The molecule has 1 atom stereocenters. The lowest BCUT2D eigenvalue weighted by Crippen LogP contribution is -2.46. The first-order valence-electron chi connectivity index (χ1n) is 7.69. The quantitative estimate of drug-likeness (QED) is 0.852. The monoisotopic (exact) mass is 344 g/mol. The second-order valence-corrected chi connectivity index (χ2v) is 6.98. The number of rotatable bonds is 3.